The molecule has 0 atom stereocenters. The van der Waals surface area contributed by atoms with Crippen molar-refractivity contribution in [3.05, 3.63) is 66.1 Å². The van der Waals surface area contributed by atoms with E-state index >= 15 is 0 Å². The van der Waals surface area contributed by atoms with Gasteiger partial charge in [0.25, 0.3) is 11.1 Å². The molecule has 3 aromatic heterocycles. The van der Waals surface area contributed by atoms with Gasteiger partial charge in [-0.2, -0.15) is 17.9 Å². The third-order valence-corrected chi connectivity index (χ3v) is 5.34. The second-order valence-corrected chi connectivity index (χ2v) is 7.39. The van der Waals surface area contributed by atoms with Crippen molar-refractivity contribution in [2.75, 3.05) is 0 Å². The first-order chi connectivity index (χ1) is 15.0. The summed E-state index contributed by atoms with van der Waals surface area (Å²) in [6, 6.07) is 12.4. The highest BCUT2D eigenvalue weighted by Crippen LogP contribution is 2.31. The van der Waals surface area contributed by atoms with Crippen LogP contribution < -0.4 is 0 Å². The normalized spacial score (nSPS) is 12.0. The van der Waals surface area contributed by atoms with Gasteiger partial charge in [0.15, 0.2) is 5.82 Å². The molecule has 0 fully saturated rings. The molecule has 0 bridgehead atoms. The van der Waals surface area contributed by atoms with Crippen molar-refractivity contribution < 1.29 is 17.6 Å². The van der Waals surface area contributed by atoms with Crippen LogP contribution in [0.15, 0.2) is 64.4 Å². The fourth-order valence-corrected chi connectivity index (χ4v) is 3.71. The SMILES string of the molecule is FC(F)(F)c1ccc(-n2nnnc2CSc2nnc(-c3c[nH]c4ccccc34)o2)cc1. The maximum Gasteiger partial charge on any atom is 0.416 e. The van der Waals surface area contributed by atoms with Crippen molar-refractivity contribution in [3.63, 3.8) is 0 Å². The minimum Gasteiger partial charge on any atom is -0.411 e. The van der Waals surface area contributed by atoms with E-state index in [1.54, 1.807) is 6.20 Å². The smallest absolute Gasteiger partial charge is 0.411 e. The fraction of sp³-hybridized carbons (Fsp3) is 0.105. The van der Waals surface area contributed by atoms with E-state index in [1.165, 1.54) is 28.6 Å². The number of halogens is 3. The maximum absolute atomic E-state index is 12.8. The topological polar surface area (TPSA) is 98.3 Å². The average molecular weight is 443 g/mol. The third-order valence-electron chi connectivity index (χ3n) is 4.52. The summed E-state index contributed by atoms with van der Waals surface area (Å²) >= 11 is 1.22. The Morgan fingerprint density at radius 3 is 2.61 bits per heavy atom. The van der Waals surface area contributed by atoms with Gasteiger partial charge in [0, 0.05) is 17.1 Å². The lowest BCUT2D eigenvalue weighted by Gasteiger charge is -2.08. The number of aromatic nitrogens is 7. The van der Waals surface area contributed by atoms with Crippen molar-refractivity contribution in [1.29, 1.82) is 0 Å². The molecule has 0 amide bonds. The van der Waals surface area contributed by atoms with Crippen LogP contribution in [-0.2, 0) is 11.9 Å². The van der Waals surface area contributed by atoms with Crippen LogP contribution in [0.4, 0.5) is 13.2 Å². The zero-order valence-corrected chi connectivity index (χ0v) is 16.4. The van der Waals surface area contributed by atoms with Gasteiger partial charge in [-0.15, -0.1) is 15.3 Å². The zero-order valence-electron chi connectivity index (χ0n) is 15.5. The van der Waals surface area contributed by atoms with Gasteiger partial charge >= 0.3 is 6.18 Å². The molecular weight excluding hydrogens is 431 g/mol. The quantitative estimate of drug-likeness (QED) is 0.399. The van der Waals surface area contributed by atoms with E-state index in [-0.39, 0.29) is 5.75 Å². The molecule has 0 saturated carbocycles. The van der Waals surface area contributed by atoms with Gasteiger partial charge in [0.2, 0.25) is 0 Å². The van der Waals surface area contributed by atoms with Gasteiger partial charge in [0.05, 0.1) is 22.6 Å². The van der Waals surface area contributed by atoms with Crippen LogP contribution in [0.2, 0.25) is 0 Å². The van der Waals surface area contributed by atoms with E-state index in [0.717, 1.165) is 28.6 Å². The molecule has 0 aliphatic heterocycles. The molecule has 0 unspecified atom stereocenters. The van der Waals surface area contributed by atoms with Gasteiger partial charge in [-0.3, -0.25) is 0 Å². The molecule has 5 rings (SSSR count). The summed E-state index contributed by atoms with van der Waals surface area (Å²) in [6.45, 7) is 0. The standard InChI is InChI=1S/C19H12F3N7OS/c20-19(21,22)11-5-7-12(8-6-11)29-16(24-27-28-29)10-31-18-26-25-17(30-18)14-9-23-15-4-2-1-3-13(14)15/h1-9,23H,10H2. The van der Waals surface area contributed by atoms with Crippen molar-refractivity contribution in [2.24, 2.45) is 0 Å². The second kappa shape index (κ2) is 7.54. The predicted octanol–water partition coefficient (Wildman–Crippen LogP) is 4.50. The number of tetrazole rings is 1. The van der Waals surface area contributed by atoms with Crippen molar-refractivity contribution in [3.8, 4) is 17.1 Å². The Bertz CT molecular complexity index is 1340. The lowest BCUT2D eigenvalue weighted by Crippen LogP contribution is -2.06. The van der Waals surface area contributed by atoms with E-state index < -0.39 is 11.7 Å². The zero-order chi connectivity index (χ0) is 21.4. The van der Waals surface area contributed by atoms with Crippen molar-refractivity contribution in [1.82, 2.24) is 35.4 Å². The molecule has 1 N–H and O–H groups in total. The Balaban J connectivity index is 1.32. The number of nitrogens with zero attached hydrogens (tertiary/aromatic N) is 6. The molecule has 3 heterocycles. The Labute approximate surface area is 176 Å². The summed E-state index contributed by atoms with van der Waals surface area (Å²) in [6.07, 6.45) is -2.60. The number of thioether (sulfide) groups is 1. The van der Waals surface area contributed by atoms with Crippen LogP contribution in [0.3, 0.4) is 0 Å². The molecule has 156 valence electrons. The molecule has 0 spiro atoms. The fourth-order valence-electron chi connectivity index (χ4n) is 3.04. The monoisotopic (exact) mass is 443 g/mol. The first-order valence-electron chi connectivity index (χ1n) is 8.97. The number of aromatic amines is 1. The Morgan fingerprint density at radius 2 is 1.81 bits per heavy atom. The minimum atomic E-state index is -4.40. The Hall–Kier alpha value is -3.67. The largest absolute Gasteiger partial charge is 0.416 e. The van der Waals surface area contributed by atoms with Gasteiger partial charge in [-0.25, -0.2) is 0 Å². The molecule has 5 aromatic rings. The molecular formula is C19H12F3N7OS. The number of H-pyrrole nitrogens is 1. The molecule has 12 heteroatoms. The van der Waals surface area contributed by atoms with Gasteiger partial charge in [-0.05, 0) is 40.8 Å². The van der Waals surface area contributed by atoms with E-state index in [1.807, 2.05) is 24.3 Å². The Kier molecular flexibility index (Phi) is 4.70. The number of fused-ring (bicyclic) bond motifs is 1. The maximum atomic E-state index is 12.8. The van der Waals surface area contributed by atoms with E-state index in [0.29, 0.717) is 22.6 Å². The van der Waals surface area contributed by atoms with Gasteiger partial charge < -0.3 is 9.40 Å². The summed E-state index contributed by atoms with van der Waals surface area (Å²) in [5, 5.41) is 20.9. The predicted molar refractivity (Wildman–Crippen MR) is 105 cm³/mol. The van der Waals surface area contributed by atoms with Crippen LogP contribution in [0, 0.1) is 0 Å². The van der Waals surface area contributed by atoms with Crippen LogP contribution in [0.5, 0.6) is 0 Å². The number of hydrogen-bond acceptors (Lipinski definition) is 7. The lowest BCUT2D eigenvalue weighted by atomic mass is 10.2. The van der Waals surface area contributed by atoms with Crippen LogP contribution in [0.1, 0.15) is 11.4 Å². The number of para-hydroxylation sites is 1. The van der Waals surface area contributed by atoms with Gasteiger partial charge in [0.1, 0.15) is 0 Å². The van der Waals surface area contributed by atoms with Crippen LogP contribution in [0.25, 0.3) is 28.0 Å². The number of nitrogens with one attached hydrogen (secondary N) is 1. The van der Waals surface area contributed by atoms with Crippen LogP contribution >= 0.6 is 11.8 Å². The number of hydrogen-bond donors (Lipinski definition) is 1. The Morgan fingerprint density at radius 1 is 1.00 bits per heavy atom. The second-order valence-electron chi connectivity index (χ2n) is 6.46. The number of benzene rings is 2. The summed E-state index contributed by atoms with van der Waals surface area (Å²) in [5.74, 6) is 1.09. The molecule has 0 saturated heterocycles. The minimum absolute atomic E-state index is 0.281. The lowest BCUT2D eigenvalue weighted by molar-refractivity contribution is -0.137. The highest BCUT2D eigenvalue weighted by Gasteiger charge is 2.30. The van der Waals surface area contributed by atoms with E-state index in [2.05, 4.69) is 30.7 Å². The van der Waals surface area contributed by atoms with E-state index in [4.69, 9.17) is 4.42 Å². The summed E-state index contributed by atoms with van der Waals surface area (Å²) in [4.78, 5) is 3.15. The number of alkyl halides is 3. The first-order valence-corrected chi connectivity index (χ1v) is 9.95. The third kappa shape index (κ3) is 3.77. The summed E-state index contributed by atoms with van der Waals surface area (Å²) < 4.78 is 45.4. The number of rotatable bonds is 5. The van der Waals surface area contributed by atoms with Crippen LogP contribution in [-0.4, -0.2) is 35.4 Å². The van der Waals surface area contributed by atoms with Gasteiger partial charge in [-0.1, -0.05) is 30.0 Å². The van der Waals surface area contributed by atoms with Crippen molar-refractivity contribution in [2.45, 2.75) is 17.2 Å². The summed E-state index contributed by atoms with van der Waals surface area (Å²) in [5.41, 5.74) is 1.43. The molecule has 8 nitrogen and oxygen atoms in total. The first kappa shape index (κ1) is 19.3. The highest BCUT2D eigenvalue weighted by atomic mass is 32.2. The van der Waals surface area contributed by atoms with Crippen molar-refractivity contribution >= 4 is 22.7 Å². The van der Waals surface area contributed by atoms with E-state index in [9.17, 15) is 13.2 Å². The molecule has 0 radical (unpaired) electrons. The summed E-state index contributed by atoms with van der Waals surface area (Å²) in [7, 11) is 0. The highest BCUT2D eigenvalue weighted by molar-refractivity contribution is 7.98. The molecule has 0 aliphatic carbocycles. The average Bonchev–Trinajstić information content (AvgIpc) is 3.50. The molecule has 2 aromatic carbocycles. The molecule has 0 aliphatic rings. The molecule has 31 heavy (non-hydrogen) atoms.